The number of halogens is 3. The molecule has 0 saturated carbocycles. The number of aromatic nitrogens is 1. The molecular formula is C28H24F3NO3. The van der Waals surface area contributed by atoms with E-state index in [9.17, 15) is 23.1 Å². The Balaban J connectivity index is 1.36. The molecule has 7 heteroatoms. The molecule has 0 bridgehead atoms. The van der Waals surface area contributed by atoms with Gasteiger partial charge in [0.2, 0.25) is 0 Å². The fourth-order valence-corrected chi connectivity index (χ4v) is 3.85. The van der Waals surface area contributed by atoms with Crippen LogP contribution in [0.4, 0.5) is 13.2 Å². The minimum atomic E-state index is -4.35. The zero-order valence-electron chi connectivity index (χ0n) is 19.0. The van der Waals surface area contributed by atoms with E-state index in [1.165, 1.54) is 12.1 Å². The van der Waals surface area contributed by atoms with E-state index in [0.717, 1.165) is 28.8 Å². The van der Waals surface area contributed by atoms with Crippen LogP contribution in [-0.4, -0.2) is 15.6 Å². The molecule has 35 heavy (non-hydrogen) atoms. The standard InChI is InChI=1S/C28H24F3NO3/c1-27(26(33)34,32-16-2-3-17-32)18-20-6-14-25(15-7-20)35-19-21-4-8-22(9-5-21)23-10-12-24(13-11-23)28(29,30)31/h2-17H,18-19H2,1H3,(H,33,34)/t27-/m1/s1. The Morgan fingerprint density at radius 2 is 1.34 bits per heavy atom. The first-order chi connectivity index (χ1) is 16.6. The van der Waals surface area contributed by atoms with Crippen molar-refractivity contribution in [2.75, 3.05) is 0 Å². The molecule has 0 aliphatic rings. The van der Waals surface area contributed by atoms with E-state index in [-0.39, 0.29) is 0 Å². The van der Waals surface area contributed by atoms with E-state index >= 15 is 0 Å². The molecule has 1 N–H and O–H groups in total. The largest absolute Gasteiger partial charge is 0.489 e. The van der Waals surface area contributed by atoms with Gasteiger partial charge in [0.25, 0.3) is 0 Å². The summed E-state index contributed by atoms with van der Waals surface area (Å²) in [6, 6.07) is 23.4. The quantitative estimate of drug-likeness (QED) is 0.303. The second kappa shape index (κ2) is 9.70. The van der Waals surface area contributed by atoms with Gasteiger partial charge in [-0.15, -0.1) is 0 Å². The predicted molar refractivity (Wildman–Crippen MR) is 127 cm³/mol. The molecule has 0 aliphatic heterocycles. The molecule has 1 aromatic heterocycles. The van der Waals surface area contributed by atoms with Gasteiger partial charge in [-0.05, 0) is 65.6 Å². The molecular weight excluding hydrogens is 455 g/mol. The van der Waals surface area contributed by atoms with Gasteiger partial charge in [0.05, 0.1) is 5.56 Å². The fraction of sp³-hybridized carbons (Fsp3) is 0.179. The van der Waals surface area contributed by atoms with Crippen LogP contribution in [0.1, 0.15) is 23.6 Å². The van der Waals surface area contributed by atoms with E-state index in [1.807, 2.05) is 48.5 Å². The normalized spacial score (nSPS) is 13.3. The van der Waals surface area contributed by atoms with Crippen molar-refractivity contribution in [1.29, 1.82) is 0 Å². The Hall–Kier alpha value is -4.00. The maximum atomic E-state index is 12.7. The number of nitrogens with zero attached hydrogens (tertiary/aromatic N) is 1. The predicted octanol–water partition coefficient (Wildman–Crippen LogP) is 6.80. The van der Waals surface area contributed by atoms with E-state index in [0.29, 0.717) is 24.3 Å². The van der Waals surface area contributed by atoms with Gasteiger partial charge < -0.3 is 14.4 Å². The number of aliphatic carboxylic acids is 1. The van der Waals surface area contributed by atoms with Gasteiger partial charge in [-0.1, -0.05) is 48.5 Å². The van der Waals surface area contributed by atoms with Crippen LogP contribution in [0, 0.1) is 0 Å². The number of carboxylic acid groups (broad SMARTS) is 1. The highest BCUT2D eigenvalue weighted by molar-refractivity contribution is 5.76. The molecule has 0 amide bonds. The summed E-state index contributed by atoms with van der Waals surface area (Å²) in [7, 11) is 0. The summed E-state index contributed by atoms with van der Waals surface area (Å²) in [6.45, 7) is 2.01. The Bertz CT molecular complexity index is 1260. The van der Waals surface area contributed by atoms with Crippen molar-refractivity contribution in [1.82, 2.24) is 4.57 Å². The van der Waals surface area contributed by atoms with Crippen molar-refractivity contribution in [2.24, 2.45) is 0 Å². The highest BCUT2D eigenvalue weighted by atomic mass is 19.4. The van der Waals surface area contributed by atoms with Crippen LogP contribution in [-0.2, 0) is 29.5 Å². The van der Waals surface area contributed by atoms with Gasteiger partial charge in [0, 0.05) is 18.8 Å². The maximum absolute atomic E-state index is 12.7. The maximum Gasteiger partial charge on any atom is 0.416 e. The minimum Gasteiger partial charge on any atom is -0.489 e. The third-order valence-corrected chi connectivity index (χ3v) is 6.01. The Morgan fingerprint density at radius 1 is 0.829 bits per heavy atom. The van der Waals surface area contributed by atoms with Gasteiger partial charge in [-0.2, -0.15) is 13.2 Å². The monoisotopic (exact) mass is 479 g/mol. The lowest BCUT2D eigenvalue weighted by molar-refractivity contribution is -0.146. The zero-order valence-corrected chi connectivity index (χ0v) is 19.0. The summed E-state index contributed by atoms with van der Waals surface area (Å²) in [6.07, 6.45) is -0.540. The van der Waals surface area contributed by atoms with Gasteiger partial charge >= 0.3 is 12.1 Å². The number of benzene rings is 3. The third kappa shape index (κ3) is 5.57. The Kier molecular flexibility index (Phi) is 6.69. The number of alkyl halides is 3. The molecule has 4 nitrogen and oxygen atoms in total. The first-order valence-corrected chi connectivity index (χ1v) is 11.0. The fourth-order valence-electron chi connectivity index (χ4n) is 3.85. The number of carboxylic acids is 1. The Labute approximate surface area is 201 Å². The summed E-state index contributed by atoms with van der Waals surface area (Å²) in [4.78, 5) is 11.9. The lowest BCUT2D eigenvalue weighted by atomic mass is 9.92. The lowest BCUT2D eigenvalue weighted by Crippen LogP contribution is -2.40. The first-order valence-electron chi connectivity index (χ1n) is 11.0. The second-order valence-electron chi connectivity index (χ2n) is 8.55. The van der Waals surface area contributed by atoms with Gasteiger partial charge in [-0.25, -0.2) is 4.79 Å². The van der Waals surface area contributed by atoms with Crippen molar-refractivity contribution in [3.8, 4) is 16.9 Å². The van der Waals surface area contributed by atoms with E-state index in [1.54, 1.807) is 36.0 Å². The molecule has 1 heterocycles. The smallest absolute Gasteiger partial charge is 0.416 e. The summed E-state index contributed by atoms with van der Waals surface area (Å²) in [5.41, 5.74) is 1.54. The third-order valence-electron chi connectivity index (χ3n) is 6.01. The molecule has 0 aliphatic carbocycles. The molecule has 0 fully saturated rings. The number of hydrogen-bond donors (Lipinski definition) is 1. The zero-order chi connectivity index (χ0) is 25.1. The van der Waals surface area contributed by atoms with Gasteiger partial charge in [-0.3, -0.25) is 0 Å². The Morgan fingerprint density at radius 3 is 1.86 bits per heavy atom. The highest BCUT2D eigenvalue weighted by Crippen LogP contribution is 2.31. The number of carbonyl (C=O) groups is 1. The van der Waals surface area contributed by atoms with Crippen molar-refractivity contribution < 1.29 is 27.8 Å². The average molecular weight is 479 g/mol. The lowest BCUT2D eigenvalue weighted by Gasteiger charge is -2.27. The van der Waals surface area contributed by atoms with Crippen LogP contribution in [0.25, 0.3) is 11.1 Å². The van der Waals surface area contributed by atoms with E-state index in [4.69, 9.17) is 4.74 Å². The summed E-state index contributed by atoms with van der Waals surface area (Å²) < 4.78 is 45.8. The van der Waals surface area contributed by atoms with Crippen LogP contribution < -0.4 is 4.74 Å². The van der Waals surface area contributed by atoms with E-state index in [2.05, 4.69) is 0 Å². The molecule has 4 rings (SSSR count). The molecule has 0 unspecified atom stereocenters. The topological polar surface area (TPSA) is 51.5 Å². The van der Waals surface area contributed by atoms with Crippen molar-refractivity contribution in [2.45, 2.75) is 31.7 Å². The van der Waals surface area contributed by atoms with Crippen LogP contribution in [0.5, 0.6) is 5.75 Å². The molecule has 0 spiro atoms. The minimum absolute atomic E-state index is 0.322. The first kappa shape index (κ1) is 24.1. The van der Waals surface area contributed by atoms with Crippen molar-refractivity contribution in [3.05, 3.63) is 114 Å². The summed E-state index contributed by atoms with van der Waals surface area (Å²) in [5, 5.41) is 9.78. The molecule has 1 atom stereocenters. The van der Waals surface area contributed by atoms with Crippen LogP contribution in [0.2, 0.25) is 0 Å². The highest BCUT2D eigenvalue weighted by Gasteiger charge is 2.34. The summed E-state index contributed by atoms with van der Waals surface area (Å²) >= 11 is 0. The number of hydrogen-bond acceptors (Lipinski definition) is 2. The SMILES string of the molecule is C[C@@](Cc1ccc(OCc2ccc(-c3ccc(C(F)(F)F)cc3)cc2)cc1)(C(=O)O)n1cccc1. The van der Waals surface area contributed by atoms with Crippen molar-refractivity contribution in [3.63, 3.8) is 0 Å². The summed E-state index contributed by atoms with van der Waals surface area (Å²) in [5.74, 6) is -0.257. The van der Waals surface area contributed by atoms with Crippen LogP contribution in [0.15, 0.2) is 97.3 Å². The van der Waals surface area contributed by atoms with Crippen LogP contribution in [0.3, 0.4) is 0 Å². The van der Waals surface area contributed by atoms with Gasteiger partial charge in [0.15, 0.2) is 0 Å². The molecule has 3 aromatic carbocycles. The van der Waals surface area contributed by atoms with Gasteiger partial charge in [0.1, 0.15) is 17.9 Å². The molecule has 0 saturated heterocycles. The molecule has 4 aromatic rings. The molecule has 0 radical (unpaired) electrons. The average Bonchev–Trinajstić information content (AvgIpc) is 3.39. The number of rotatable bonds is 8. The van der Waals surface area contributed by atoms with E-state index < -0.39 is 23.2 Å². The van der Waals surface area contributed by atoms with Crippen LogP contribution >= 0.6 is 0 Å². The number of ether oxygens (including phenoxy) is 1. The second-order valence-corrected chi connectivity index (χ2v) is 8.55. The van der Waals surface area contributed by atoms with Crippen molar-refractivity contribution >= 4 is 5.97 Å². The molecule has 180 valence electrons.